The number of para-hydroxylation sites is 2. The molecule has 1 amide bonds. The number of carbonyl (C=O) groups is 1. The number of fused-ring (bicyclic) bond motifs is 1. The monoisotopic (exact) mass is 460 g/mol. The average molecular weight is 461 g/mol. The van der Waals surface area contributed by atoms with Gasteiger partial charge in [-0.2, -0.15) is 0 Å². The van der Waals surface area contributed by atoms with E-state index in [-0.39, 0.29) is 5.91 Å². The van der Waals surface area contributed by atoms with Crippen LogP contribution in [-0.2, 0) is 19.6 Å². The van der Waals surface area contributed by atoms with E-state index in [2.05, 4.69) is 67.6 Å². The molecule has 1 aliphatic rings. The van der Waals surface area contributed by atoms with E-state index in [1.165, 1.54) is 23.9 Å². The molecule has 0 atom stereocenters. The molecule has 0 radical (unpaired) electrons. The van der Waals surface area contributed by atoms with Gasteiger partial charge in [0.15, 0.2) is 0 Å². The molecule has 0 saturated heterocycles. The molecule has 0 bridgehead atoms. The summed E-state index contributed by atoms with van der Waals surface area (Å²) in [5, 5.41) is 0. The maximum absolute atomic E-state index is 13.8. The zero-order valence-corrected chi connectivity index (χ0v) is 21.3. The lowest BCUT2D eigenvalue weighted by molar-refractivity contribution is 0.0729. The minimum absolute atomic E-state index is 0.102. The van der Waals surface area contributed by atoms with Crippen LogP contribution in [-0.4, -0.2) is 45.4 Å². The number of hydrogen-bond donors (Lipinski definition) is 0. The van der Waals surface area contributed by atoms with Crippen LogP contribution in [0.1, 0.15) is 68.2 Å². The third-order valence-corrected chi connectivity index (χ3v) is 6.70. The second-order valence-electron chi connectivity index (χ2n) is 10.4. The summed E-state index contributed by atoms with van der Waals surface area (Å²) in [4.78, 5) is 23.1. The number of benzene rings is 2. The summed E-state index contributed by atoms with van der Waals surface area (Å²) in [5.41, 5.74) is 4.17. The minimum atomic E-state index is 0.102. The third kappa shape index (κ3) is 6.26. The molecule has 5 heteroatoms. The Balaban J connectivity index is 1.59. The van der Waals surface area contributed by atoms with Crippen LogP contribution in [0.15, 0.2) is 48.5 Å². The molecule has 1 aromatic heterocycles. The number of carbonyl (C=O) groups excluding carboxylic acids is 1. The number of amides is 1. The fraction of sp³-hybridized carbons (Fsp3) is 0.517. The van der Waals surface area contributed by atoms with Crippen molar-refractivity contribution in [2.45, 2.75) is 66.1 Å². The highest BCUT2D eigenvalue weighted by Crippen LogP contribution is 2.32. The normalized spacial score (nSPS) is 13.8. The zero-order valence-electron chi connectivity index (χ0n) is 21.3. The number of rotatable bonds is 12. The van der Waals surface area contributed by atoms with Gasteiger partial charge in [-0.15, -0.1) is 0 Å². The van der Waals surface area contributed by atoms with Gasteiger partial charge in [0.25, 0.3) is 5.91 Å². The smallest absolute Gasteiger partial charge is 0.254 e. The van der Waals surface area contributed by atoms with Crippen molar-refractivity contribution in [1.29, 1.82) is 0 Å². The van der Waals surface area contributed by atoms with Crippen molar-refractivity contribution in [1.82, 2.24) is 19.4 Å². The molecule has 0 spiro atoms. The second-order valence-corrected chi connectivity index (χ2v) is 10.4. The Morgan fingerprint density at radius 2 is 1.88 bits per heavy atom. The van der Waals surface area contributed by atoms with Gasteiger partial charge in [-0.1, -0.05) is 45.0 Å². The molecule has 0 aliphatic heterocycles. The molecule has 3 aromatic rings. The molecule has 34 heavy (non-hydrogen) atoms. The van der Waals surface area contributed by atoms with E-state index in [1.54, 1.807) is 0 Å². The Labute approximate surface area is 204 Å². The molecule has 1 fully saturated rings. The van der Waals surface area contributed by atoms with E-state index >= 15 is 0 Å². The molecule has 4 rings (SSSR count). The highest BCUT2D eigenvalue weighted by atomic mass is 16.2. The highest BCUT2D eigenvalue weighted by molar-refractivity contribution is 5.94. The van der Waals surface area contributed by atoms with Crippen molar-refractivity contribution in [3.05, 3.63) is 65.5 Å². The standard InChI is InChI=1S/C29H40N4O/c1-5-16-31(4)19-24-9-8-10-25(18-24)29(34)32(17-15-22(2)3)21-28-30-26-11-6-7-12-27(26)33(28)20-23-13-14-23/h6-12,18,22-23H,5,13-17,19-21H2,1-4H3. The van der Waals surface area contributed by atoms with Crippen LogP contribution in [0.2, 0.25) is 0 Å². The van der Waals surface area contributed by atoms with Gasteiger partial charge in [0.05, 0.1) is 17.6 Å². The average Bonchev–Trinajstić information content (AvgIpc) is 3.57. The van der Waals surface area contributed by atoms with E-state index in [0.717, 1.165) is 61.8 Å². The van der Waals surface area contributed by atoms with Crippen LogP contribution >= 0.6 is 0 Å². The quantitative estimate of drug-likeness (QED) is 0.334. The number of hydrogen-bond acceptors (Lipinski definition) is 3. The fourth-order valence-electron chi connectivity index (χ4n) is 4.60. The Bertz CT molecular complexity index is 1100. The van der Waals surface area contributed by atoms with Crippen LogP contribution < -0.4 is 0 Å². The first kappa shape index (κ1) is 24.5. The second kappa shape index (κ2) is 11.2. The van der Waals surface area contributed by atoms with Crippen LogP contribution in [0.5, 0.6) is 0 Å². The van der Waals surface area contributed by atoms with Gasteiger partial charge < -0.3 is 14.4 Å². The Hall–Kier alpha value is -2.66. The van der Waals surface area contributed by atoms with Gasteiger partial charge in [-0.05, 0) is 80.9 Å². The molecular formula is C29H40N4O. The van der Waals surface area contributed by atoms with Gasteiger partial charge in [0.1, 0.15) is 5.82 Å². The molecule has 0 unspecified atom stereocenters. The minimum Gasteiger partial charge on any atom is -0.331 e. The SMILES string of the molecule is CCCN(C)Cc1cccc(C(=O)N(CCC(C)C)Cc2nc3ccccc3n2CC2CC2)c1. The molecule has 0 N–H and O–H groups in total. The number of aromatic nitrogens is 2. The summed E-state index contributed by atoms with van der Waals surface area (Å²) in [6, 6.07) is 16.5. The van der Waals surface area contributed by atoms with E-state index < -0.39 is 0 Å². The zero-order chi connectivity index (χ0) is 24.1. The number of imidazole rings is 1. The van der Waals surface area contributed by atoms with Crippen molar-refractivity contribution in [2.75, 3.05) is 20.1 Å². The summed E-state index contributed by atoms with van der Waals surface area (Å²) >= 11 is 0. The predicted octanol–water partition coefficient (Wildman–Crippen LogP) is 5.98. The largest absolute Gasteiger partial charge is 0.331 e. The van der Waals surface area contributed by atoms with E-state index in [4.69, 9.17) is 4.98 Å². The maximum atomic E-state index is 13.8. The Morgan fingerprint density at radius 1 is 1.09 bits per heavy atom. The Morgan fingerprint density at radius 3 is 2.62 bits per heavy atom. The van der Waals surface area contributed by atoms with Crippen LogP contribution in [0.4, 0.5) is 0 Å². The summed E-state index contributed by atoms with van der Waals surface area (Å²) < 4.78 is 2.36. The van der Waals surface area contributed by atoms with E-state index in [1.807, 2.05) is 23.1 Å². The lowest BCUT2D eigenvalue weighted by Gasteiger charge is -2.24. The molecule has 1 heterocycles. The molecule has 1 aliphatic carbocycles. The van der Waals surface area contributed by atoms with E-state index in [9.17, 15) is 4.79 Å². The first-order chi connectivity index (χ1) is 16.4. The molecule has 2 aromatic carbocycles. The summed E-state index contributed by atoms with van der Waals surface area (Å²) in [6.45, 7) is 10.8. The lowest BCUT2D eigenvalue weighted by Crippen LogP contribution is -2.33. The predicted molar refractivity (Wildman–Crippen MR) is 140 cm³/mol. The first-order valence-corrected chi connectivity index (χ1v) is 13.0. The van der Waals surface area contributed by atoms with Crippen molar-refractivity contribution in [3.63, 3.8) is 0 Å². The van der Waals surface area contributed by atoms with Gasteiger partial charge in [0, 0.05) is 25.2 Å². The lowest BCUT2D eigenvalue weighted by atomic mass is 10.1. The summed E-state index contributed by atoms with van der Waals surface area (Å²) in [5.74, 6) is 2.39. The van der Waals surface area contributed by atoms with Crippen molar-refractivity contribution < 1.29 is 4.79 Å². The molecule has 1 saturated carbocycles. The number of nitrogens with zero attached hydrogens (tertiary/aromatic N) is 4. The van der Waals surface area contributed by atoms with Crippen molar-refractivity contribution in [2.24, 2.45) is 11.8 Å². The van der Waals surface area contributed by atoms with Gasteiger partial charge in [-0.3, -0.25) is 4.79 Å². The van der Waals surface area contributed by atoms with Crippen LogP contribution in [0, 0.1) is 11.8 Å². The maximum Gasteiger partial charge on any atom is 0.254 e. The van der Waals surface area contributed by atoms with Crippen LogP contribution in [0.25, 0.3) is 11.0 Å². The van der Waals surface area contributed by atoms with Gasteiger partial charge in [0.2, 0.25) is 0 Å². The molecular weight excluding hydrogens is 420 g/mol. The van der Waals surface area contributed by atoms with Crippen LogP contribution in [0.3, 0.4) is 0 Å². The summed E-state index contributed by atoms with van der Waals surface area (Å²) in [7, 11) is 2.14. The fourth-order valence-corrected chi connectivity index (χ4v) is 4.60. The molecule has 182 valence electrons. The van der Waals surface area contributed by atoms with Crippen molar-refractivity contribution in [3.8, 4) is 0 Å². The summed E-state index contributed by atoms with van der Waals surface area (Å²) in [6.07, 6.45) is 4.69. The van der Waals surface area contributed by atoms with Crippen molar-refractivity contribution >= 4 is 16.9 Å². The topological polar surface area (TPSA) is 41.4 Å². The van der Waals surface area contributed by atoms with Gasteiger partial charge >= 0.3 is 0 Å². The van der Waals surface area contributed by atoms with Gasteiger partial charge in [-0.25, -0.2) is 4.98 Å². The Kier molecular flexibility index (Phi) is 8.04. The molecule has 5 nitrogen and oxygen atoms in total. The van der Waals surface area contributed by atoms with E-state index in [0.29, 0.717) is 12.5 Å². The third-order valence-electron chi connectivity index (χ3n) is 6.70. The highest BCUT2D eigenvalue weighted by Gasteiger charge is 2.26. The first-order valence-electron chi connectivity index (χ1n) is 13.0.